The summed E-state index contributed by atoms with van der Waals surface area (Å²) in [6, 6.07) is 5.43. The van der Waals surface area contributed by atoms with Gasteiger partial charge >= 0.3 is 0 Å². The second-order valence-electron chi connectivity index (χ2n) is 5.67. The molecule has 24 heavy (non-hydrogen) atoms. The summed E-state index contributed by atoms with van der Waals surface area (Å²) in [5.41, 5.74) is 1.47. The number of hydrogen-bond acceptors (Lipinski definition) is 7. The zero-order chi connectivity index (χ0) is 16.5. The van der Waals surface area contributed by atoms with Gasteiger partial charge in [0.2, 0.25) is 5.95 Å². The molecule has 0 bridgehead atoms. The Kier molecular flexibility index (Phi) is 3.86. The fourth-order valence-electron chi connectivity index (χ4n) is 2.93. The van der Waals surface area contributed by atoms with E-state index in [1.54, 1.807) is 24.5 Å². The molecule has 0 aromatic carbocycles. The summed E-state index contributed by atoms with van der Waals surface area (Å²) in [5.74, 6) is 1.93. The summed E-state index contributed by atoms with van der Waals surface area (Å²) in [6.45, 7) is 2.75. The van der Waals surface area contributed by atoms with Gasteiger partial charge in [-0.1, -0.05) is 16.8 Å². The van der Waals surface area contributed by atoms with Crippen molar-refractivity contribution in [1.82, 2.24) is 25.1 Å². The number of halogens is 1. The molecular formula is C16H15ClN6O. The normalized spacial score (nSPS) is 17.4. The van der Waals surface area contributed by atoms with Crippen LogP contribution < -0.4 is 4.90 Å². The van der Waals surface area contributed by atoms with Crippen molar-refractivity contribution in [3.05, 3.63) is 47.2 Å². The molecule has 0 saturated carbocycles. The summed E-state index contributed by atoms with van der Waals surface area (Å²) in [5, 5.41) is 4.54. The van der Waals surface area contributed by atoms with Crippen LogP contribution in [0.4, 0.5) is 5.95 Å². The molecule has 1 saturated heterocycles. The average Bonchev–Trinajstić information content (AvgIpc) is 3.24. The van der Waals surface area contributed by atoms with E-state index in [4.69, 9.17) is 16.1 Å². The third-order valence-corrected chi connectivity index (χ3v) is 4.17. The van der Waals surface area contributed by atoms with Gasteiger partial charge in [-0.2, -0.15) is 0 Å². The van der Waals surface area contributed by atoms with Gasteiger partial charge in [-0.05, 0) is 31.9 Å². The van der Waals surface area contributed by atoms with Gasteiger partial charge in [-0.3, -0.25) is 0 Å². The topological polar surface area (TPSA) is 80.8 Å². The highest BCUT2D eigenvalue weighted by Gasteiger charge is 2.31. The Labute approximate surface area is 143 Å². The van der Waals surface area contributed by atoms with E-state index in [-0.39, 0.29) is 6.04 Å². The molecule has 4 heterocycles. The molecule has 0 aliphatic carbocycles. The molecule has 0 N–H and O–H groups in total. The zero-order valence-electron chi connectivity index (χ0n) is 13.1. The first-order valence-electron chi connectivity index (χ1n) is 7.72. The van der Waals surface area contributed by atoms with E-state index in [2.05, 4.69) is 30.0 Å². The number of nitrogens with zero attached hydrogens (tertiary/aromatic N) is 6. The minimum atomic E-state index is 0.0350. The van der Waals surface area contributed by atoms with Crippen molar-refractivity contribution in [2.45, 2.75) is 25.8 Å². The smallest absolute Gasteiger partial charge is 0.227 e. The van der Waals surface area contributed by atoms with Crippen molar-refractivity contribution in [1.29, 1.82) is 0 Å². The lowest BCUT2D eigenvalue weighted by atomic mass is 10.1. The lowest BCUT2D eigenvalue weighted by Gasteiger charge is -2.22. The quantitative estimate of drug-likeness (QED) is 0.676. The van der Waals surface area contributed by atoms with E-state index in [1.165, 1.54) is 0 Å². The Morgan fingerprint density at radius 3 is 2.83 bits per heavy atom. The number of aryl methyl sites for hydroxylation is 1. The lowest BCUT2D eigenvalue weighted by molar-refractivity contribution is 0.362. The Balaban J connectivity index is 1.65. The molecule has 1 atom stereocenters. The van der Waals surface area contributed by atoms with E-state index in [1.807, 2.05) is 13.0 Å². The Morgan fingerprint density at radius 2 is 2.04 bits per heavy atom. The maximum atomic E-state index is 6.08. The van der Waals surface area contributed by atoms with Crippen molar-refractivity contribution in [2.24, 2.45) is 0 Å². The van der Waals surface area contributed by atoms with Gasteiger partial charge in [-0.15, -0.1) is 0 Å². The maximum Gasteiger partial charge on any atom is 0.227 e. The number of hydrogen-bond donors (Lipinski definition) is 0. The highest BCUT2D eigenvalue weighted by Crippen LogP contribution is 2.36. The van der Waals surface area contributed by atoms with Crippen LogP contribution in [0.1, 0.15) is 30.3 Å². The summed E-state index contributed by atoms with van der Waals surface area (Å²) in [6.07, 6.45) is 5.33. The van der Waals surface area contributed by atoms with Crippen LogP contribution >= 0.6 is 11.6 Å². The second kappa shape index (κ2) is 6.16. The van der Waals surface area contributed by atoms with E-state index < -0.39 is 0 Å². The SMILES string of the molecule is Cc1cc(Cl)nc(N2CCCC2c2cc(-c3ncccn3)no2)n1. The fourth-order valence-corrected chi connectivity index (χ4v) is 3.16. The third-order valence-electron chi connectivity index (χ3n) is 3.97. The predicted octanol–water partition coefficient (Wildman–Crippen LogP) is 3.22. The van der Waals surface area contributed by atoms with Crippen LogP contribution in [0.5, 0.6) is 0 Å². The van der Waals surface area contributed by atoms with Crippen LogP contribution in [0.15, 0.2) is 35.1 Å². The largest absolute Gasteiger partial charge is 0.358 e. The molecule has 3 aromatic heterocycles. The van der Waals surface area contributed by atoms with E-state index in [0.717, 1.165) is 30.8 Å². The highest BCUT2D eigenvalue weighted by molar-refractivity contribution is 6.29. The fraction of sp³-hybridized carbons (Fsp3) is 0.312. The van der Waals surface area contributed by atoms with Crippen LogP contribution in [0.2, 0.25) is 5.15 Å². The molecule has 7 nitrogen and oxygen atoms in total. The standard InChI is InChI=1S/C16H15ClN6O/c1-10-8-14(17)21-16(20-10)23-7-2-4-12(23)13-9-11(22-24-13)15-18-5-3-6-19-15/h3,5-6,8-9,12H,2,4,7H2,1H3. The minimum Gasteiger partial charge on any atom is -0.358 e. The molecule has 1 unspecified atom stereocenters. The summed E-state index contributed by atoms with van der Waals surface area (Å²) in [7, 11) is 0. The van der Waals surface area contributed by atoms with Gasteiger partial charge < -0.3 is 9.42 Å². The Hall–Kier alpha value is -2.54. The highest BCUT2D eigenvalue weighted by atomic mass is 35.5. The molecule has 1 fully saturated rings. The lowest BCUT2D eigenvalue weighted by Crippen LogP contribution is -2.24. The minimum absolute atomic E-state index is 0.0350. The molecular weight excluding hydrogens is 328 g/mol. The molecule has 8 heteroatoms. The molecule has 122 valence electrons. The Morgan fingerprint density at radius 1 is 1.21 bits per heavy atom. The van der Waals surface area contributed by atoms with Crippen LogP contribution in [0, 0.1) is 6.92 Å². The summed E-state index contributed by atoms with van der Waals surface area (Å²) < 4.78 is 5.55. The monoisotopic (exact) mass is 342 g/mol. The zero-order valence-corrected chi connectivity index (χ0v) is 13.8. The first kappa shape index (κ1) is 15.0. The molecule has 4 rings (SSSR count). The van der Waals surface area contributed by atoms with Crippen LogP contribution in [-0.2, 0) is 0 Å². The average molecular weight is 343 g/mol. The molecule has 0 radical (unpaired) electrons. The van der Waals surface area contributed by atoms with E-state index in [9.17, 15) is 0 Å². The third kappa shape index (κ3) is 2.82. The van der Waals surface area contributed by atoms with Gasteiger partial charge in [0.05, 0.1) is 6.04 Å². The number of aromatic nitrogens is 5. The van der Waals surface area contributed by atoms with Gasteiger partial charge in [-0.25, -0.2) is 19.9 Å². The molecule has 3 aromatic rings. The summed E-state index contributed by atoms with van der Waals surface area (Å²) in [4.78, 5) is 19.4. The van der Waals surface area contributed by atoms with Crippen LogP contribution in [0.3, 0.4) is 0 Å². The van der Waals surface area contributed by atoms with Crippen molar-refractivity contribution < 1.29 is 4.52 Å². The van der Waals surface area contributed by atoms with Crippen molar-refractivity contribution >= 4 is 17.5 Å². The van der Waals surface area contributed by atoms with Gasteiger partial charge in [0.15, 0.2) is 17.3 Å². The van der Waals surface area contributed by atoms with Crippen LogP contribution in [-0.4, -0.2) is 31.6 Å². The predicted molar refractivity (Wildman–Crippen MR) is 88.6 cm³/mol. The second-order valence-corrected chi connectivity index (χ2v) is 6.06. The van der Waals surface area contributed by atoms with Gasteiger partial charge in [0, 0.05) is 30.7 Å². The van der Waals surface area contributed by atoms with E-state index >= 15 is 0 Å². The van der Waals surface area contributed by atoms with Crippen molar-refractivity contribution in [2.75, 3.05) is 11.4 Å². The van der Waals surface area contributed by atoms with Gasteiger partial charge in [0.1, 0.15) is 5.15 Å². The Bertz CT molecular complexity index is 833. The summed E-state index contributed by atoms with van der Waals surface area (Å²) >= 11 is 6.08. The molecule has 1 aliphatic heterocycles. The number of rotatable bonds is 3. The number of anilines is 1. The van der Waals surface area contributed by atoms with Crippen LogP contribution in [0.25, 0.3) is 11.5 Å². The molecule has 1 aliphatic rings. The van der Waals surface area contributed by atoms with Crippen molar-refractivity contribution in [3.8, 4) is 11.5 Å². The first-order valence-corrected chi connectivity index (χ1v) is 8.10. The maximum absolute atomic E-state index is 6.08. The first-order chi connectivity index (χ1) is 11.7. The van der Waals surface area contributed by atoms with E-state index in [0.29, 0.717) is 22.6 Å². The van der Waals surface area contributed by atoms with Crippen molar-refractivity contribution in [3.63, 3.8) is 0 Å². The molecule has 0 spiro atoms. The van der Waals surface area contributed by atoms with Gasteiger partial charge in [0.25, 0.3) is 0 Å². The molecule has 0 amide bonds.